The first kappa shape index (κ1) is 13.5. The zero-order valence-electron chi connectivity index (χ0n) is 11.4. The number of urea groups is 1. The lowest BCUT2D eigenvalue weighted by molar-refractivity contribution is -0.124. The molecule has 3 amide bonds. The Morgan fingerprint density at radius 3 is 3.05 bits per heavy atom. The molecule has 1 fully saturated rings. The first-order chi connectivity index (χ1) is 10.1. The van der Waals surface area contributed by atoms with Crippen LogP contribution in [0.2, 0.25) is 0 Å². The van der Waals surface area contributed by atoms with E-state index in [1.807, 2.05) is 0 Å². The Kier molecular flexibility index (Phi) is 3.30. The molecule has 2 bridgehead atoms. The molecule has 0 radical (unpaired) electrons. The molecule has 2 N–H and O–H groups in total. The monoisotopic (exact) mass is 289 g/mol. The quantitative estimate of drug-likeness (QED) is 0.599. The molecule has 0 saturated carbocycles. The molecule has 21 heavy (non-hydrogen) atoms. The van der Waals surface area contributed by atoms with Gasteiger partial charge in [-0.15, -0.1) is 0 Å². The van der Waals surface area contributed by atoms with Crippen LogP contribution in [0.25, 0.3) is 0 Å². The maximum atomic E-state index is 12.3. The molecule has 8 nitrogen and oxygen atoms in total. The third-order valence-corrected chi connectivity index (χ3v) is 3.65. The van der Waals surface area contributed by atoms with Crippen LogP contribution >= 0.6 is 0 Å². The molecule has 0 unspecified atom stereocenters. The molecule has 3 heterocycles. The number of hydroxylamine groups is 2. The van der Waals surface area contributed by atoms with E-state index in [0.717, 1.165) is 5.57 Å². The van der Waals surface area contributed by atoms with E-state index in [1.165, 1.54) is 4.90 Å². The van der Waals surface area contributed by atoms with Crippen molar-refractivity contribution in [3.8, 4) is 0 Å². The second-order valence-corrected chi connectivity index (χ2v) is 5.07. The summed E-state index contributed by atoms with van der Waals surface area (Å²) in [6.45, 7) is 2.33. The molecular formula is C13H15N5O3. The highest BCUT2D eigenvalue weighted by atomic mass is 16.5. The van der Waals surface area contributed by atoms with Gasteiger partial charge in [0.05, 0.1) is 31.0 Å². The Morgan fingerprint density at radius 1 is 1.52 bits per heavy atom. The van der Waals surface area contributed by atoms with E-state index in [-0.39, 0.29) is 18.5 Å². The number of carbonyl (C=O) groups is 2. The van der Waals surface area contributed by atoms with Crippen molar-refractivity contribution < 1.29 is 14.8 Å². The number of fused-ring (bicyclic) bond motifs is 2. The minimum Gasteiger partial charge on any atom is -0.348 e. The van der Waals surface area contributed by atoms with Crippen molar-refractivity contribution in [1.29, 1.82) is 0 Å². The third kappa shape index (κ3) is 2.33. The minimum atomic E-state index is -0.692. The van der Waals surface area contributed by atoms with Crippen molar-refractivity contribution in [2.24, 2.45) is 0 Å². The fraction of sp³-hybridized carbons (Fsp3) is 0.385. The number of hydrogen-bond donors (Lipinski definition) is 2. The number of hydrogen-bond acceptors (Lipinski definition) is 5. The van der Waals surface area contributed by atoms with Gasteiger partial charge in [0.25, 0.3) is 0 Å². The molecule has 3 rings (SSSR count). The fourth-order valence-electron chi connectivity index (χ4n) is 2.65. The van der Waals surface area contributed by atoms with Crippen molar-refractivity contribution in [1.82, 2.24) is 25.2 Å². The minimum absolute atomic E-state index is 0.241. The molecule has 2 aliphatic rings. The number of amides is 3. The maximum absolute atomic E-state index is 12.3. The second-order valence-electron chi connectivity index (χ2n) is 5.07. The number of rotatable bonds is 3. The second kappa shape index (κ2) is 5.13. The number of carbonyl (C=O) groups excluding carboxylic acids is 2. The van der Waals surface area contributed by atoms with Gasteiger partial charge in [-0.2, -0.15) is 5.06 Å². The van der Waals surface area contributed by atoms with E-state index in [0.29, 0.717) is 17.3 Å². The molecule has 0 aliphatic carbocycles. The van der Waals surface area contributed by atoms with Crippen molar-refractivity contribution in [3.05, 3.63) is 35.9 Å². The summed E-state index contributed by atoms with van der Waals surface area (Å²) >= 11 is 0. The van der Waals surface area contributed by atoms with Gasteiger partial charge in [0.15, 0.2) is 0 Å². The Morgan fingerprint density at radius 2 is 2.33 bits per heavy atom. The van der Waals surface area contributed by atoms with Gasteiger partial charge < -0.3 is 10.2 Å². The van der Waals surface area contributed by atoms with Crippen LogP contribution in [0.5, 0.6) is 0 Å². The highest BCUT2D eigenvalue weighted by Gasteiger charge is 2.46. The van der Waals surface area contributed by atoms with Crippen molar-refractivity contribution in [2.45, 2.75) is 25.6 Å². The number of aromatic nitrogens is 2. The van der Waals surface area contributed by atoms with Gasteiger partial charge >= 0.3 is 6.03 Å². The molecule has 2 aliphatic heterocycles. The summed E-state index contributed by atoms with van der Waals surface area (Å²) in [5.41, 5.74) is 1.38. The summed E-state index contributed by atoms with van der Waals surface area (Å²) in [6.07, 6.45) is 6.41. The van der Waals surface area contributed by atoms with Crippen LogP contribution in [0.1, 0.15) is 12.6 Å². The largest absolute Gasteiger partial charge is 0.348 e. The Labute approximate surface area is 121 Å². The van der Waals surface area contributed by atoms with E-state index in [1.54, 1.807) is 31.6 Å². The van der Waals surface area contributed by atoms with Crippen molar-refractivity contribution >= 4 is 11.9 Å². The van der Waals surface area contributed by atoms with E-state index >= 15 is 0 Å². The molecular weight excluding hydrogens is 274 g/mol. The van der Waals surface area contributed by atoms with Gasteiger partial charge in [0.2, 0.25) is 5.91 Å². The highest BCUT2D eigenvalue weighted by molar-refractivity contribution is 5.91. The fourth-order valence-corrected chi connectivity index (χ4v) is 2.65. The molecule has 0 spiro atoms. The topological polar surface area (TPSA) is 98.7 Å². The Balaban J connectivity index is 1.71. The van der Waals surface area contributed by atoms with Gasteiger partial charge in [-0.3, -0.25) is 20.0 Å². The summed E-state index contributed by atoms with van der Waals surface area (Å²) < 4.78 is 0. The maximum Gasteiger partial charge on any atom is 0.345 e. The third-order valence-electron chi connectivity index (χ3n) is 3.65. The molecule has 1 aromatic heterocycles. The zero-order valence-corrected chi connectivity index (χ0v) is 11.4. The van der Waals surface area contributed by atoms with E-state index in [9.17, 15) is 14.8 Å². The summed E-state index contributed by atoms with van der Waals surface area (Å²) in [7, 11) is 0. The number of nitrogens with zero attached hydrogens (tertiary/aromatic N) is 4. The normalized spacial score (nSPS) is 24.1. The molecule has 1 aromatic rings. The Bertz CT molecular complexity index is 603. The average molecular weight is 289 g/mol. The predicted molar refractivity (Wildman–Crippen MR) is 70.9 cm³/mol. The van der Waals surface area contributed by atoms with E-state index < -0.39 is 12.1 Å². The predicted octanol–water partition coefficient (Wildman–Crippen LogP) is -0.0833. The van der Waals surface area contributed by atoms with Crippen LogP contribution in [0.15, 0.2) is 30.2 Å². The lowest BCUT2D eigenvalue weighted by atomic mass is 10.00. The first-order valence-electron chi connectivity index (χ1n) is 6.57. The summed E-state index contributed by atoms with van der Waals surface area (Å²) in [5, 5.41) is 13.0. The number of nitrogens with one attached hydrogen (secondary N) is 1. The van der Waals surface area contributed by atoms with Crippen LogP contribution in [0.4, 0.5) is 4.79 Å². The van der Waals surface area contributed by atoms with E-state index in [4.69, 9.17) is 0 Å². The zero-order chi connectivity index (χ0) is 15.0. The Hall–Kier alpha value is -2.48. The van der Waals surface area contributed by atoms with Gasteiger partial charge in [-0.1, -0.05) is 6.08 Å². The first-order valence-corrected chi connectivity index (χ1v) is 6.57. The van der Waals surface area contributed by atoms with Gasteiger partial charge in [0.1, 0.15) is 6.04 Å². The molecule has 2 atom stereocenters. The smallest absolute Gasteiger partial charge is 0.345 e. The summed E-state index contributed by atoms with van der Waals surface area (Å²) in [5.74, 6) is -0.295. The molecule has 110 valence electrons. The van der Waals surface area contributed by atoms with E-state index in [2.05, 4.69) is 15.3 Å². The van der Waals surface area contributed by atoms with Gasteiger partial charge in [-0.25, -0.2) is 4.79 Å². The standard InChI is InChI=1S/C13H15N5O3/c1-8-4-10-7-17(13(20)18(10)21)11(8)12(19)16-6-9-5-14-2-3-15-9/h2-5,10-11,21H,6-7H2,1H3,(H,16,19)/t10-,11+/m1/s1. The molecule has 1 saturated heterocycles. The molecule has 0 aromatic carbocycles. The van der Waals surface area contributed by atoms with Crippen LogP contribution in [-0.2, 0) is 11.3 Å². The van der Waals surface area contributed by atoms with Crippen LogP contribution < -0.4 is 5.32 Å². The SMILES string of the molecule is CC1=C[C@@H]2CN(C(=O)N2O)[C@@H]1C(=O)NCc1cnccn1. The van der Waals surface area contributed by atoms with Crippen LogP contribution in [0.3, 0.4) is 0 Å². The van der Waals surface area contributed by atoms with Crippen molar-refractivity contribution in [3.63, 3.8) is 0 Å². The van der Waals surface area contributed by atoms with Gasteiger partial charge in [-0.05, 0) is 12.5 Å². The molecule has 8 heteroatoms. The van der Waals surface area contributed by atoms with Crippen LogP contribution in [-0.4, -0.2) is 55.7 Å². The summed E-state index contributed by atoms with van der Waals surface area (Å²) in [6, 6.07) is -1.61. The average Bonchev–Trinajstić information content (AvgIpc) is 2.71. The van der Waals surface area contributed by atoms with Gasteiger partial charge in [0, 0.05) is 12.4 Å². The lowest BCUT2D eigenvalue weighted by Crippen LogP contribution is -2.49. The van der Waals surface area contributed by atoms with Crippen molar-refractivity contribution in [2.75, 3.05) is 6.54 Å². The lowest BCUT2D eigenvalue weighted by Gasteiger charge is -2.29. The van der Waals surface area contributed by atoms with Crippen LogP contribution in [0, 0.1) is 0 Å². The summed E-state index contributed by atoms with van der Waals surface area (Å²) in [4.78, 5) is 33.6. The highest BCUT2D eigenvalue weighted by Crippen LogP contribution is 2.27.